The third kappa shape index (κ3) is 2.07. The van der Waals surface area contributed by atoms with E-state index in [2.05, 4.69) is 9.71 Å². The summed E-state index contributed by atoms with van der Waals surface area (Å²) < 4.78 is 26.7. The topological polar surface area (TPSA) is 64.0 Å². The first-order valence-electron chi connectivity index (χ1n) is 3.87. The number of sulfonamides is 1. The minimum Gasteiger partial charge on any atom is -0.340 e. The number of hydrogen-bond donors (Lipinski definition) is 1. The maximum absolute atomic E-state index is 11.3. The molecule has 0 fully saturated rings. The van der Waals surface area contributed by atoms with E-state index >= 15 is 0 Å². The van der Waals surface area contributed by atoms with Gasteiger partial charge in [0.2, 0.25) is 10.0 Å². The zero-order chi connectivity index (χ0) is 10.1. The lowest BCUT2D eigenvalue weighted by Gasteiger charge is -2.08. The molecule has 1 rings (SSSR count). The van der Waals surface area contributed by atoms with E-state index in [0.29, 0.717) is 5.69 Å². The molecule has 0 saturated carbocycles. The van der Waals surface area contributed by atoms with Crippen LogP contribution in [0.25, 0.3) is 0 Å². The zero-order valence-electron chi connectivity index (χ0n) is 7.85. The second-order valence-electron chi connectivity index (χ2n) is 2.86. The molecule has 0 aromatic carbocycles. The third-order valence-electron chi connectivity index (χ3n) is 1.89. The van der Waals surface area contributed by atoms with E-state index in [1.807, 2.05) is 0 Å². The average molecular weight is 203 g/mol. The molecular formula is C7H13N3O2S. The molecule has 1 atom stereocenters. The summed E-state index contributed by atoms with van der Waals surface area (Å²) in [6.45, 7) is 1.61. The van der Waals surface area contributed by atoms with E-state index in [4.69, 9.17) is 0 Å². The summed E-state index contributed by atoms with van der Waals surface area (Å²) in [5.41, 5.74) is 0.553. The van der Waals surface area contributed by atoms with Gasteiger partial charge < -0.3 is 4.57 Å². The van der Waals surface area contributed by atoms with Gasteiger partial charge >= 0.3 is 0 Å². The van der Waals surface area contributed by atoms with Gasteiger partial charge in [-0.2, -0.15) is 0 Å². The molecule has 1 aromatic rings. The highest BCUT2D eigenvalue weighted by atomic mass is 32.2. The molecule has 1 heterocycles. The van der Waals surface area contributed by atoms with Crippen molar-refractivity contribution in [1.29, 1.82) is 0 Å². The standard InChI is InChI=1S/C7H13N3O2S/c1-6(13(11,12)8-2)7-4-10(3)5-9-7/h4-6,8H,1-3H3. The van der Waals surface area contributed by atoms with Gasteiger partial charge in [0, 0.05) is 13.2 Å². The van der Waals surface area contributed by atoms with Crippen molar-refractivity contribution in [2.24, 2.45) is 7.05 Å². The first-order chi connectivity index (χ1) is 5.97. The minimum absolute atomic E-state index is 0.553. The van der Waals surface area contributed by atoms with E-state index in [9.17, 15) is 8.42 Å². The van der Waals surface area contributed by atoms with Crippen molar-refractivity contribution in [3.8, 4) is 0 Å². The molecule has 5 nitrogen and oxygen atoms in total. The molecule has 13 heavy (non-hydrogen) atoms. The van der Waals surface area contributed by atoms with Crippen LogP contribution in [0.15, 0.2) is 12.5 Å². The van der Waals surface area contributed by atoms with Crippen molar-refractivity contribution >= 4 is 10.0 Å². The molecule has 0 aliphatic carbocycles. The molecular weight excluding hydrogens is 190 g/mol. The molecule has 1 unspecified atom stereocenters. The molecule has 0 aliphatic rings. The fourth-order valence-corrected chi connectivity index (χ4v) is 1.77. The Labute approximate surface area is 77.8 Å². The summed E-state index contributed by atoms with van der Waals surface area (Å²) in [7, 11) is -0.0654. The lowest BCUT2D eigenvalue weighted by Crippen LogP contribution is -2.24. The van der Waals surface area contributed by atoms with Crippen LogP contribution in [0.2, 0.25) is 0 Å². The Balaban J connectivity index is 2.98. The highest BCUT2D eigenvalue weighted by Crippen LogP contribution is 2.17. The maximum atomic E-state index is 11.3. The van der Waals surface area contributed by atoms with E-state index < -0.39 is 15.3 Å². The molecule has 6 heteroatoms. The first kappa shape index (κ1) is 10.2. The first-order valence-corrected chi connectivity index (χ1v) is 5.42. The number of rotatable bonds is 3. The fourth-order valence-electron chi connectivity index (χ4n) is 0.979. The molecule has 0 bridgehead atoms. The van der Waals surface area contributed by atoms with Crippen molar-refractivity contribution < 1.29 is 8.42 Å². The second-order valence-corrected chi connectivity index (χ2v) is 5.06. The maximum Gasteiger partial charge on any atom is 0.219 e. The van der Waals surface area contributed by atoms with Gasteiger partial charge in [0.1, 0.15) is 5.25 Å². The van der Waals surface area contributed by atoms with Crippen LogP contribution >= 0.6 is 0 Å². The van der Waals surface area contributed by atoms with Gasteiger partial charge in [-0.1, -0.05) is 0 Å². The van der Waals surface area contributed by atoms with Crippen molar-refractivity contribution in [2.75, 3.05) is 7.05 Å². The van der Waals surface area contributed by atoms with Gasteiger partial charge in [0.05, 0.1) is 12.0 Å². The predicted molar refractivity (Wildman–Crippen MR) is 49.6 cm³/mol. The molecule has 0 aliphatic heterocycles. The van der Waals surface area contributed by atoms with Crippen molar-refractivity contribution in [3.05, 3.63) is 18.2 Å². The van der Waals surface area contributed by atoms with Gasteiger partial charge in [0.25, 0.3) is 0 Å². The number of aromatic nitrogens is 2. The van der Waals surface area contributed by atoms with Crippen LogP contribution in [0.5, 0.6) is 0 Å². The van der Waals surface area contributed by atoms with Crippen molar-refractivity contribution in [3.63, 3.8) is 0 Å². The molecule has 1 aromatic heterocycles. The molecule has 0 amide bonds. The third-order valence-corrected chi connectivity index (χ3v) is 3.63. The van der Waals surface area contributed by atoms with E-state index in [-0.39, 0.29) is 0 Å². The van der Waals surface area contributed by atoms with Gasteiger partial charge in [0.15, 0.2) is 0 Å². The summed E-state index contributed by atoms with van der Waals surface area (Å²) in [5, 5.41) is -0.612. The number of nitrogens with one attached hydrogen (secondary N) is 1. The van der Waals surface area contributed by atoms with Crippen LogP contribution in [0.3, 0.4) is 0 Å². The molecule has 0 radical (unpaired) electrons. The summed E-state index contributed by atoms with van der Waals surface area (Å²) in [6.07, 6.45) is 3.27. The highest BCUT2D eigenvalue weighted by Gasteiger charge is 2.22. The predicted octanol–water partition coefficient (Wildman–Crippen LogP) is 0.0303. The summed E-state index contributed by atoms with van der Waals surface area (Å²) >= 11 is 0. The Morgan fingerprint density at radius 1 is 1.62 bits per heavy atom. The fraction of sp³-hybridized carbons (Fsp3) is 0.571. The van der Waals surface area contributed by atoms with Crippen LogP contribution < -0.4 is 4.72 Å². The lowest BCUT2D eigenvalue weighted by atomic mass is 10.4. The molecule has 74 valence electrons. The quantitative estimate of drug-likeness (QED) is 0.753. The van der Waals surface area contributed by atoms with Crippen LogP contribution in [-0.2, 0) is 17.1 Å². The molecule has 0 spiro atoms. The van der Waals surface area contributed by atoms with E-state index in [1.165, 1.54) is 7.05 Å². The smallest absolute Gasteiger partial charge is 0.219 e. The lowest BCUT2D eigenvalue weighted by molar-refractivity contribution is 0.577. The number of hydrogen-bond acceptors (Lipinski definition) is 3. The average Bonchev–Trinajstić information content (AvgIpc) is 2.50. The van der Waals surface area contributed by atoms with Gasteiger partial charge in [-0.25, -0.2) is 18.1 Å². The largest absolute Gasteiger partial charge is 0.340 e. The Morgan fingerprint density at radius 3 is 2.62 bits per heavy atom. The van der Waals surface area contributed by atoms with Gasteiger partial charge in [-0.3, -0.25) is 0 Å². The Morgan fingerprint density at radius 2 is 2.23 bits per heavy atom. The van der Waals surface area contributed by atoms with Gasteiger partial charge in [-0.05, 0) is 14.0 Å². The number of nitrogens with zero attached hydrogens (tertiary/aromatic N) is 2. The van der Waals surface area contributed by atoms with Crippen molar-refractivity contribution in [1.82, 2.24) is 14.3 Å². The second kappa shape index (κ2) is 3.47. The highest BCUT2D eigenvalue weighted by molar-refractivity contribution is 7.89. The zero-order valence-corrected chi connectivity index (χ0v) is 8.67. The summed E-state index contributed by atoms with van der Waals surface area (Å²) in [4.78, 5) is 3.97. The monoisotopic (exact) mass is 203 g/mol. The van der Waals surface area contributed by atoms with Crippen LogP contribution in [0.1, 0.15) is 17.9 Å². The van der Waals surface area contributed by atoms with Crippen molar-refractivity contribution in [2.45, 2.75) is 12.2 Å². The normalized spacial score (nSPS) is 14.4. The SMILES string of the molecule is CNS(=O)(=O)C(C)c1cn(C)cn1. The minimum atomic E-state index is -3.26. The van der Waals surface area contributed by atoms with Crippen LogP contribution in [0, 0.1) is 0 Å². The van der Waals surface area contributed by atoms with Gasteiger partial charge in [-0.15, -0.1) is 0 Å². The molecule has 1 N–H and O–H groups in total. The van der Waals surface area contributed by atoms with Crippen LogP contribution in [-0.4, -0.2) is 25.0 Å². The van der Waals surface area contributed by atoms with E-state index in [1.54, 1.807) is 31.1 Å². The van der Waals surface area contributed by atoms with E-state index in [0.717, 1.165) is 0 Å². The van der Waals surface area contributed by atoms with Crippen LogP contribution in [0.4, 0.5) is 0 Å². The Bertz CT molecular complexity index is 382. The molecule has 0 saturated heterocycles. The number of imidazole rings is 1. The summed E-state index contributed by atoms with van der Waals surface area (Å²) in [6, 6.07) is 0. The summed E-state index contributed by atoms with van der Waals surface area (Å²) in [5.74, 6) is 0. The Kier molecular flexibility index (Phi) is 2.72. The Hall–Kier alpha value is -0.880. The number of aryl methyl sites for hydroxylation is 1.